The number of nitrogens with zero attached hydrogens (tertiary/aromatic N) is 1. The molecule has 3 rings (SSSR count). The number of hydrogen-bond acceptors (Lipinski definition) is 4. The molecule has 3 N–H and O–H groups in total. The fourth-order valence-electron chi connectivity index (χ4n) is 2.29. The number of pyridine rings is 1. The Morgan fingerprint density at radius 3 is 2.85 bits per heavy atom. The Morgan fingerprint density at radius 1 is 1.30 bits per heavy atom. The Hall–Kier alpha value is -2.24. The van der Waals surface area contributed by atoms with E-state index in [1.165, 1.54) is 6.07 Å². The molecule has 0 spiro atoms. The van der Waals surface area contributed by atoms with Crippen molar-refractivity contribution in [2.45, 2.75) is 13.0 Å². The summed E-state index contributed by atoms with van der Waals surface area (Å²) in [6.07, 6.45) is 1.69. The predicted molar refractivity (Wildman–Crippen MR) is 74.3 cm³/mol. The number of nitrogens with two attached hydrogens (primary N) is 1. The first kappa shape index (κ1) is 12.8. The Balaban J connectivity index is 2.12. The first-order chi connectivity index (χ1) is 9.70. The lowest BCUT2D eigenvalue weighted by atomic mass is 10.1. The Kier molecular flexibility index (Phi) is 3.22. The van der Waals surface area contributed by atoms with Crippen LogP contribution in [0.5, 0.6) is 0 Å². The number of hydrazine groups is 1. The van der Waals surface area contributed by atoms with Crippen molar-refractivity contribution < 1.29 is 8.81 Å². The van der Waals surface area contributed by atoms with Gasteiger partial charge in [0.1, 0.15) is 11.8 Å². The molecule has 0 bridgehead atoms. The molecule has 1 aromatic carbocycles. The van der Waals surface area contributed by atoms with Crippen LogP contribution in [0.15, 0.2) is 47.0 Å². The summed E-state index contributed by atoms with van der Waals surface area (Å²) in [5, 5.41) is 0.703. The van der Waals surface area contributed by atoms with Crippen molar-refractivity contribution in [1.29, 1.82) is 0 Å². The number of furan rings is 1. The summed E-state index contributed by atoms with van der Waals surface area (Å²) in [6.45, 7) is 1.94. The number of aryl methyl sites for hydroxylation is 1. The minimum absolute atomic E-state index is 0.233. The van der Waals surface area contributed by atoms with Gasteiger partial charge in [-0.2, -0.15) is 0 Å². The van der Waals surface area contributed by atoms with E-state index >= 15 is 0 Å². The van der Waals surface area contributed by atoms with E-state index in [-0.39, 0.29) is 11.4 Å². The molecular formula is C15H14FN3O. The third kappa shape index (κ3) is 2.07. The molecule has 0 radical (unpaired) electrons. The van der Waals surface area contributed by atoms with Gasteiger partial charge >= 0.3 is 0 Å². The monoisotopic (exact) mass is 271 g/mol. The number of aromatic nitrogens is 1. The maximum atomic E-state index is 13.7. The van der Waals surface area contributed by atoms with Crippen molar-refractivity contribution in [2.24, 2.45) is 5.84 Å². The number of rotatable bonds is 3. The summed E-state index contributed by atoms with van der Waals surface area (Å²) in [6, 6.07) is 9.96. The quantitative estimate of drug-likeness (QED) is 0.568. The molecule has 4 nitrogen and oxygen atoms in total. The number of halogens is 1. The zero-order valence-electron chi connectivity index (χ0n) is 10.9. The third-order valence-corrected chi connectivity index (χ3v) is 3.29. The van der Waals surface area contributed by atoms with E-state index < -0.39 is 6.04 Å². The number of para-hydroxylation sites is 1. The van der Waals surface area contributed by atoms with Crippen LogP contribution >= 0.6 is 0 Å². The minimum Gasteiger partial charge on any atom is -0.456 e. The standard InChI is InChI=1S/C15H14FN3O/c1-9-4-3-7-18-13(9)14(19-17)12-8-10-5-2-6-11(16)15(10)20-12/h2-8,14,19H,17H2,1H3. The fraction of sp³-hybridized carbons (Fsp3) is 0.133. The second-order valence-corrected chi connectivity index (χ2v) is 4.61. The van der Waals surface area contributed by atoms with Crippen molar-refractivity contribution in [2.75, 3.05) is 0 Å². The van der Waals surface area contributed by atoms with Crippen molar-refractivity contribution in [3.63, 3.8) is 0 Å². The Labute approximate surface area is 115 Å². The highest BCUT2D eigenvalue weighted by atomic mass is 19.1. The highest BCUT2D eigenvalue weighted by Gasteiger charge is 2.21. The van der Waals surface area contributed by atoms with Gasteiger partial charge in [0.2, 0.25) is 0 Å². The van der Waals surface area contributed by atoms with Crippen molar-refractivity contribution in [1.82, 2.24) is 10.4 Å². The Morgan fingerprint density at radius 2 is 2.15 bits per heavy atom. The highest BCUT2D eigenvalue weighted by Crippen LogP contribution is 2.29. The van der Waals surface area contributed by atoms with Crippen LogP contribution in [0.1, 0.15) is 23.1 Å². The van der Waals surface area contributed by atoms with E-state index in [0.29, 0.717) is 11.1 Å². The van der Waals surface area contributed by atoms with Crippen LogP contribution in [0.2, 0.25) is 0 Å². The second kappa shape index (κ2) is 5.03. The molecule has 20 heavy (non-hydrogen) atoms. The van der Waals surface area contributed by atoms with E-state index in [2.05, 4.69) is 10.4 Å². The lowest BCUT2D eigenvalue weighted by Crippen LogP contribution is -2.29. The van der Waals surface area contributed by atoms with Gasteiger partial charge in [-0.05, 0) is 30.7 Å². The maximum absolute atomic E-state index is 13.7. The zero-order valence-corrected chi connectivity index (χ0v) is 10.9. The average Bonchev–Trinajstić information content (AvgIpc) is 2.87. The van der Waals surface area contributed by atoms with Gasteiger partial charge in [0, 0.05) is 11.6 Å². The molecule has 0 saturated heterocycles. The first-order valence-corrected chi connectivity index (χ1v) is 6.26. The van der Waals surface area contributed by atoms with Crippen molar-refractivity contribution in [3.05, 3.63) is 65.4 Å². The number of benzene rings is 1. The molecule has 1 atom stereocenters. The van der Waals surface area contributed by atoms with Crippen LogP contribution in [0.25, 0.3) is 11.0 Å². The molecule has 0 fully saturated rings. The summed E-state index contributed by atoms with van der Waals surface area (Å²) in [4.78, 5) is 4.32. The fourth-order valence-corrected chi connectivity index (χ4v) is 2.29. The van der Waals surface area contributed by atoms with Crippen LogP contribution in [0.4, 0.5) is 4.39 Å². The van der Waals surface area contributed by atoms with Crippen molar-refractivity contribution >= 4 is 11.0 Å². The van der Waals surface area contributed by atoms with Crippen LogP contribution in [0.3, 0.4) is 0 Å². The van der Waals surface area contributed by atoms with Gasteiger partial charge in [0.05, 0.1) is 5.69 Å². The lowest BCUT2D eigenvalue weighted by molar-refractivity contribution is 0.459. The smallest absolute Gasteiger partial charge is 0.169 e. The molecule has 1 unspecified atom stereocenters. The predicted octanol–water partition coefficient (Wildman–Crippen LogP) is 2.83. The number of hydrogen-bond donors (Lipinski definition) is 2. The molecule has 0 saturated carbocycles. The minimum atomic E-state index is -0.414. The zero-order chi connectivity index (χ0) is 14.1. The molecule has 102 valence electrons. The van der Waals surface area contributed by atoms with Gasteiger partial charge in [-0.15, -0.1) is 0 Å². The molecule has 3 aromatic rings. The maximum Gasteiger partial charge on any atom is 0.169 e. The van der Waals surface area contributed by atoms with Gasteiger partial charge in [0.15, 0.2) is 11.4 Å². The van der Waals surface area contributed by atoms with Gasteiger partial charge in [-0.25, -0.2) is 9.82 Å². The largest absolute Gasteiger partial charge is 0.456 e. The summed E-state index contributed by atoms with van der Waals surface area (Å²) >= 11 is 0. The van der Waals surface area contributed by atoms with E-state index in [9.17, 15) is 4.39 Å². The lowest BCUT2D eigenvalue weighted by Gasteiger charge is -2.14. The normalized spacial score (nSPS) is 12.8. The average molecular weight is 271 g/mol. The molecule has 2 aromatic heterocycles. The van der Waals surface area contributed by atoms with E-state index in [1.807, 2.05) is 19.1 Å². The van der Waals surface area contributed by atoms with Crippen LogP contribution in [0, 0.1) is 12.7 Å². The molecule has 0 aliphatic rings. The van der Waals surface area contributed by atoms with Gasteiger partial charge in [-0.3, -0.25) is 10.8 Å². The van der Waals surface area contributed by atoms with Crippen LogP contribution in [-0.4, -0.2) is 4.98 Å². The van der Waals surface area contributed by atoms with Gasteiger partial charge < -0.3 is 4.42 Å². The van der Waals surface area contributed by atoms with Gasteiger partial charge in [-0.1, -0.05) is 18.2 Å². The molecule has 5 heteroatoms. The summed E-state index contributed by atoms with van der Waals surface area (Å²) < 4.78 is 19.3. The van der Waals surface area contributed by atoms with E-state index in [0.717, 1.165) is 11.3 Å². The summed E-state index contributed by atoms with van der Waals surface area (Å²) in [5.41, 5.74) is 4.65. The van der Waals surface area contributed by atoms with Crippen LogP contribution < -0.4 is 11.3 Å². The summed E-state index contributed by atoms with van der Waals surface area (Å²) in [5.74, 6) is 5.77. The molecule has 0 amide bonds. The summed E-state index contributed by atoms with van der Waals surface area (Å²) in [7, 11) is 0. The Bertz CT molecular complexity index is 754. The topological polar surface area (TPSA) is 64.1 Å². The number of fused-ring (bicyclic) bond motifs is 1. The third-order valence-electron chi connectivity index (χ3n) is 3.29. The van der Waals surface area contributed by atoms with Crippen LogP contribution in [-0.2, 0) is 0 Å². The molecule has 2 heterocycles. The molecule has 0 aliphatic carbocycles. The van der Waals surface area contributed by atoms with Crippen molar-refractivity contribution in [3.8, 4) is 0 Å². The molecule has 0 aliphatic heterocycles. The van der Waals surface area contributed by atoms with E-state index in [4.69, 9.17) is 10.3 Å². The number of nitrogens with one attached hydrogen (secondary N) is 1. The second-order valence-electron chi connectivity index (χ2n) is 4.61. The molecular weight excluding hydrogens is 257 g/mol. The van der Waals surface area contributed by atoms with Gasteiger partial charge in [0.25, 0.3) is 0 Å². The van der Waals surface area contributed by atoms with E-state index in [1.54, 1.807) is 24.4 Å². The SMILES string of the molecule is Cc1cccnc1C(NN)c1cc2cccc(F)c2o1. The highest BCUT2D eigenvalue weighted by molar-refractivity contribution is 5.78. The first-order valence-electron chi connectivity index (χ1n) is 6.26.